The normalized spacial score (nSPS) is 10.1. The first-order chi connectivity index (χ1) is 13.6. The van der Waals surface area contributed by atoms with Crippen molar-refractivity contribution in [2.24, 2.45) is 0 Å². The predicted molar refractivity (Wildman–Crippen MR) is 107 cm³/mol. The number of hydrogen-bond donors (Lipinski definition) is 2. The lowest BCUT2D eigenvalue weighted by molar-refractivity contribution is -0.116. The highest BCUT2D eigenvalue weighted by Gasteiger charge is 2.10. The average molecular weight is 373 g/mol. The van der Waals surface area contributed by atoms with Gasteiger partial charge in [-0.05, 0) is 30.3 Å². The summed E-state index contributed by atoms with van der Waals surface area (Å²) in [6, 6.07) is 19.1. The maximum absolute atomic E-state index is 12.2. The standard InChI is InChI=1S/C22H19N3O3/c26-20(16-6-2-1-3-7-16)11-12-21(27)24-18-9-4-10-19(14-18)25-22(28)17-8-5-13-23-15-17/h1-10,13-15H,11-12H2,(H,24,27)(H,25,28). The Hall–Kier alpha value is -3.80. The van der Waals surface area contributed by atoms with Crippen LogP contribution in [-0.4, -0.2) is 22.6 Å². The van der Waals surface area contributed by atoms with E-state index in [4.69, 9.17) is 0 Å². The van der Waals surface area contributed by atoms with E-state index < -0.39 is 0 Å². The van der Waals surface area contributed by atoms with Crippen molar-refractivity contribution in [1.82, 2.24) is 4.98 Å². The fourth-order valence-electron chi connectivity index (χ4n) is 2.59. The third-order valence-electron chi connectivity index (χ3n) is 4.00. The molecule has 0 aliphatic heterocycles. The molecule has 0 spiro atoms. The number of nitrogens with one attached hydrogen (secondary N) is 2. The number of rotatable bonds is 7. The fourth-order valence-corrected chi connectivity index (χ4v) is 2.59. The number of carbonyl (C=O) groups excluding carboxylic acids is 3. The predicted octanol–water partition coefficient (Wildman–Crippen LogP) is 3.94. The molecule has 1 aromatic heterocycles. The molecule has 0 saturated heterocycles. The van der Waals surface area contributed by atoms with Crippen LogP contribution in [0.5, 0.6) is 0 Å². The highest BCUT2D eigenvalue weighted by atomic mass is 16.2. The van der Waals surface area contributed by atoms with Crippen LogP contribution < -0.4 is 10.6 Å². The summed E-state index contributed by atoms with van der Waals surface area (Å²) in [7, 11) is 0. The van der Waals surface area contributed by atoms with E-state index in [1.165, 1.54) is 6.20 Å². The molecule has 140 valence electrons. The third kappa shape index (κ3) is 5.35. The summed E-state index contributed by atoms with van der Waals surface area (Å²) in [6.45, 7) is 0. The minimum absolute atomic E-state index is 0.0757. The van der Waals surface area contributed by atoms with Crippen LogP contribution in [0.1, 0.15) is 33.6 Å². The van der Waals surface area contributed by atoms with Crippen LogP contribution >= 0.6 is 0 Å². The number of Topliss-reactive ketones (excluding diaryl/α,β-unsaturated/α-hetero) is 1. The fraction of sp³-hybridized carbons (Fsp3) is 0.0909. The van der Waals surface area contributed by atoms with Crippen molar-refractivity contribution in [3.63, 3.8) is 0 Å². The van der Waals surface area contributed by atoms with E-state index in [2.05, 4.69) is 15.6 Å². The molecular formula is C22H19N3O3. The second kappa shape index (κ2) is 9.23. The van der Waals surface area contributed by atoms with E-state index in [0.29, 0.717) is 22.5 Å². The van der Waals surface area contributed by atoms with Crippen molar-refractivity contribution in [1.29, 1.82) is 0 Å². The number of aromatic nitrogens is 1. The van der Waals surface area contributed by atoms with E-state index in [9.17, 15) is 14.4 Å². The van der Waals surface area contributed by atoms with Gasteiger partial charge in [-0.2, -0.15) is 0 Å². The monoisotopic (exact) mass is 373 g/mol. The molecule has 0 fully saturated rings. The molecule has 0 bridgehead atoms. The van der Waals surface area contributed by atoms with E-state index in [1.54, 1.807) is 66.9 Å². The van der Waals surface area contributed by atoms with Gasteiger partial charge in [-0.25, -0.2) is 0 Å². The molecule has 0 unspecified atom stereocenters. The summed E-state index contributed by atoms with van der Waals surface area (Å²) in [5.41, 5.74) is 2.12. The maximum atomic E-state index is 12.2. The molecule has 3 aromatic rings. The van der Waals surface area contributed by atoms with Gasteiger partial charge in [0.25, 0.3) is 5.91 Å². The zero-order valence-corrected chi connectivity index (χ0v) is 15.1. The second-order valence-electron chi connectivity index (χ2n) is 6.11. The zero-order valence-electron chi connectivity index (χ0n) is 15.1. The molecule has 0 aliphatic carbocycles. The molecule has 6 nitrogen and oxygen atoms in total. The average Bonchev–Trinajstić information content (AvgIpc) is 2.73. The minimum atomic E-state index is -0.287. The number of benzene rings is 2. The van der Waals surface area contributed by atoms with Gasteiger partial charge in [0.05, 0.1) is 5.56 Å². The van der Waals surface area contributed by atoms with E-state index >= 15 is 0 Å². The van der Waals surface area contributed by atoms with Gasteiger partial charge in [-0.1, -0.05) is 36.4 Å². The minimum Gasteiger partial charge on any atom is -0.326 e. The molecule has 28 heavy (non-hydrogen) atoms. The summed E-state index contributed by atoms with van der Waals surface area (Å²) < 4.78 is 0. The third-order valence-corrected chi connectivity index (χ3v) is 4.00. The molecular weight excluding hydrogens is 354 g/mol. The van der Waals surface area contributed by atoms with Crippen molar-refractivity contribution in [3.8, 4) is 0 Å². The quantitative estimate of drug-likeness (QED) is 0.614. The van der Waals surface area contributed by atoms with Crippen molar-refractivity contribution in [2.45, 2.75) is 12.8 Å². The Kier molecular flexibility index (Phi) is 6.25. The number of anilines is 2. The van der Waals surface area contributed by atoms with Gasteiger partial charge >= 0.3 is 0 Å². The number of hydrogen-bond acceptors (Lipinski definition) is 4. The van der Waals surface area contributed by atoms with Crippen molar-refractivity contribution in [2.75, 3.05) is 10.6 Å². The smallest absolute Gasteiger partial charge is 0.257 e. The summed E-state index contributed by atoms with van der Waals surface area (Å²) in [5, 5.41) is 5.51. The van der Waals surface area contributed by atoms with Gasteiger partial charge in [0, 0.05) is 42.2 Å². The maximum Gasteiger partial charge on any atom is 0.257 e. The Morgan fingerprint density at radius 1 is 0.750 bits per heavy atom. The SMILES string of the molecule is O=C(CCC(=O)c1ccccc1)Nc1cccc(NC(=O)c2cccnc2)c1. The number of nitrogens with zero attached hydrogens (tertiary/aromatic N) is 1. The molecule has 0 atom stereocenters. The highest BCUT2D eigenvalue weighted by molar-refractivity contribution is 6.04. The highest BCUT2D eigenvalue weighted by Crippen LogP contribution is 2.17. The van der Waals surface area contributed by atoms with Crippen LogP contribution in [0.25, 0.3) is 0 Å². The lowest BCUT2D eigenvalue weighted by Gasteiger charge is -2.09. The van der Waals surface area contributed by atoms with Crippen LogP contribution in [-0.2, 0) is 4.79 Å². The first-order valence-corrected chi connectivity index (χ1v) is 8.81. The van der Waals surface area contributed by atoms with Crippen LogP contribution in [0.3, 0.4) is 0 Å². The molecule has 3 rings (SSSR count). The van der Waals surface area contributed by atoms with E-state index in [0.717, 1.165) is 0 Å². The van der Waals surface area contributed by atoms with Crippen molar-refractivity contribution >= 4 is 29.0 Å². The summed E-state index contributed by atoms with van der Waals surface area (Å²) in [6.07, 6.45) is 3.29. The topological polar surface area (TPSA) is 88.2 Å². The summed E-state index contributed by atoms with van der Waals surface area (Å²) >= 11 is 0. The van der Waals surface area contributed by atoms with Crippen LogP contribution in [0.15, 0.2) is 79.1 Å². The van der Waals surface area contributed by atoms with E-state index in [1.807, 2.05) is 6.07 Å². The van der Waals surface area contributed by atoms with Crippen LogP contribution in [0.2, 0.25) is 0 Å². The van der Waals surface area contributed by atoms with Crippen LogP contribution in [0, 0.1) is 0 Å². The second-order valence-corrected chi connectivity index (χ2v) is 6.11. The van der Waals surface area contributed by atoms with Crippen molar-refractivity contribution in [3.05, 3.63) is 90.3 Å². The molecule has 1 heterocycles. The molecule has 2 aromatic carbocycles. The number of amides is 2. The van der Waals surface area contributed by atoms with Gasteiger partial charge in [0.15, 0.2) is 5.78 Å². The lowest BCUT2D eigenvalue weighted by Crippen LogP contribution is -2.15. The molecule has 2 amide bonds. The summed E-state index contributed by atoms with van der Waals surface area (Å²) in [5.74, 6) is -0.627. The summed E-state index contributed by atoms with van der Waals surface area (Å²) in [4.78, 5) is 40.3. The Balaban J connectivity index is 1.54. The Morgan fingerprint density at radius 3 is 2.18 bits per heavy atom. The molecule has 0 aliphatic rings. The van der Waals surface area contributed by atoms with Gasteiger partial charge in [0.2, 0.25) is 5.91 Å². The lowest BCUT2D eigenvalue weighted by atomic mass is 10.1. The van der Waals surface area contributed by atoms with Gasteiger partial charge < -0.3 is 10.6 Å². The van der Waals surface area contributed by atoms with Gasteiger partial charge in [-0.3, -0.25) is 19.4 Å². The first kappa shape index (κ1) is 19.0. The number of carbonyl (C=O) groups is 3. The van der Waals surface area contributed by atoms with Crippen LogP contribution in [0.4, 0.5) is 11.4 Å². The Bertz CT molecular complexity index is 973. The number of pyridine rings is 1. The molecule has 6 heteroatoms. The molecule has 0 saturated carbocycles. The van der Waals surface area contributed by atoms with Crippen molar-refractivity contribution < 1.29 is 14.4 Å². The Morgan fingerprint density at radius 2 is 1.46 bits per heavy atom. The van der Waals surface area contributed by atoms with E-state index in [-0.39, 0.29) is 30.4 Å². The zero-order chi connectivity index (χ0) is 19.8. The first-order valence-electron chi connectivity index (χ1n) is 8.81. The molecule has 2 N–H and O–H groups in total. The number of ketones is 1. The molecule has 0 radical (unpaired) electrons. The van der Waals surface area contributed by atoms with Gasteiger partial charge in [-0.15, -0.1) is 0 Å². The van der Waals surface area contributed by atoms with Gasteiger partial charge in [0.1, 0.15) is 0 Å². The largest absolute Gasteiger partial charge is 0.326 e. The Labute approximate surface area is 162 Å².